The summed E-state index contributed by atoms with van der Waals surface area (Å²) in [5.74, 6) is -1.02. The van der Waals surface area contributed by atoms with Gasteiger partial charge in [-0.25, -0.2) is 9.18 Å². The van der Waals surface area contributed by atoms with Crippen LogP contribution < -0.4 is 9.47 Å². The number of halogens is 4. The van der Waals surface area contributed by atoms with Gasteiger partial charge in [0.2, 0.25) is 0 Å². The van der Waals surface area contributed by atoms with Crippen molar-refractivity contribution >= 4 is 11.8 Å². The van der Waals surface area contributed by atoms with Gasteiger partial charge < -0.3 is 14.2 Å². The van der Waals surface area contributed by atoms with Gasteiger partial charge in [0.05, 0.1) is 12.2 Å². The highest BCUT2D eigenvalue weighted by molar-refractivity contribution is 5.83. The summed E-state index contributed by atoms with van der Waals surface area (Å²) in [5.41, 5.74) is 0.598. The smallest absolute Gasteiger partial charge is 0.416 e. The van der Waals surface area contributed by atoms with E-state index in [-0.39, 0.29) is 24.5 Å². The van der Waals surface area contributed by atoms with Crippen LogP contribution in [0.3, 0.4) is 0 Å². The van der Waals surface area contributed by atoms with Gasteiger partial charge in [0, 0.05) is 5.56 Å². The zero-order chi connectivity index (χ0) is 26.5. The highest BCUT2D eigenvalue weighted by Crippen LogP contribution is 2.34. The van der Waals surface area contributed by atoms with Crippen molar-refractivity contribution in [2.45, 2.75) is 33.1 Å². The van der Waals surface area contributed by atoms with Crippen LogP contribution >= 0.6 is 0 Å². The molecule has 190 valence electrons. The molecule has 0 fully saturated rings. The second-order valence-corrected chi connectivity index (χ2v) is 7.94. The van der Waals surface area contributed by atoms with Crippen LogP contribution in [0, 0.1) is 12.7 Å². The van der Waals surface area contributed by atoms with Gasteiger partial charge in [-0.05, 0) is 79.9 Å². The van der Waals surface area contributed by atoms with Crippen molar-refractivity contribution in [3.05, 3.63) is 83.2 Å². The lowest BCUT2D eigenvalue weighted by molar-refractivity contribution is -0.145. The normalized spacial score (nSPS) is 12.1. The van der Waals surface area contributed by atoms with Gasteiger partial charge in [-0.1, -0.05) is 18.2 Å². The van der Waals surface area contributed by atoms with Gasteiger partial charge in [-0.2, -0.15) is 13.2 Å². The second-order valence-electron chi connectivity index (χ2n) is 7.94. The monoisotopic (exact) mass is 504 g/mol. The summed E-state index contributed by atoms with van der Waals surface area (Å²) >= 11 is 0. The quantitative estimate of drug-likeness (QED) is 0.247. The summed E-state index contributed by atoms with van der Waals surface area (Å²) < 4.78 is 69.4. The Bertz CT molecular complexity index is 1240. The Morgan fingerprint density at radius 2 is 1.61 bits per heavy atom. The molecule has 0 aromatic heterocycles. The van der Waals surface area contributed by atoms with Crippen LogP contribution in [-0.4, -0.2) is 25.0 Å². The van der Waals surface area contributed by atoms with Crippen LogP contribution in [0.1, 0.15) is 36.6 Å². The summed E-state index contributed by atoms with van der Waals surface area (Å²) in [6.45, 7) is 4.60. The molecule has 3 aromatic carbocycles. The van der Waals surface area contributed by atoms with Crippen molar-refractivity contribution in [2.24, 2.45) is 0 Å². The minimum Gasteiger partial charge on any atom is -0.482 e. The Balaban J connectivity index is 1.84. The van der Waals surface area contributed by atoms with E-state index in [1.54, 1.807) is 26.0 Å². The zero-order valence-electron chi connectivity index (χ0n) is 19.8. The topological polar surface area (TPSA) is 61.8 Å². The van der Waals surface area contributed by atoms with Crippen LogP contribution in [0.15, 0.2) is 60.7 Å². The predicted molar refractivity (Wildman–Crippen MR) is 124 cm³/mol. The SMILES string of the molecule is CCOC(=O)COc1ccc(OC(C(C)=O)c2cc(-c3ccc(C(F)(F)F)cc3)ccc2F)cc1C. The maximum absolute atomic E-state index is 14.8. The van der Waals surface area contributed by atoms with E-state index in [2.05, 4.69) is 0 Å². The molecule has 0 amide bonds. The molecule has 0 aliphatic carbocycles. The van der Waals surface area contributed by atoms with E-state index < -0.39 is 35.4 Å². The first-order chi connectivity index (χ1) is 17.0. The van der Waals surface area contributed by atoms with Gasteiger partial charge in [0.15, 0.2) is 18.5 Å². The Morgan fingerprint density at radius 3 is 2.19 bits per heavy atom. The second kappa shape index (κ2) is 11.2. The summed E-state index contributed by atoms with van der Waals surface area (Å²) in [6, 6.07) is 13.0. The van der Waals surface area contributed by atoms with Crippen molar-refractivity contribution in [1.29, 1.82) is 0 Å². The Morgan fingerprint density at radius 1 is 0.944 bits per heavy atom. The fraction of sp³-hybridized carbons (Fsp3) is 0.259. The summed E-state index contributed by atoms with van der Waals surface area (Å²) in [5, 5.41) is 0. The molecular formula is C27H24F4O5. The lowest BCUT2D eigenvalue weighted by Crippen LogP contribution is -2.18. The maximum Gasteiger partial charge on any atom is 0.416 e. The molecule has 0 spiro atoms. The van der Waals surface area contributed by atoms with Gasteiger partial charge >= 0.3 is 12.1 Å². The minimum absolute atomic E-state index is 0.0554. The lowest BCUT2D eigenvalue weighted by Gasteiger charge is -2.19. The number of Topliss-reactive ketones (excluding diaryl/α,β-unsaturated/α-hetero) is 1. The fourth-order valence-corrected chi connectivity index (χ4v) is 3.47. The molecule has 0 bridgehead atoms. The van der Waals surface area contributed by atoms with Crippen molar-refractivity contribution in [3.63, 3.8) is 0 Å². The van der Waals surface area contributed by atoms with Gasteiger partial charge in [0.25, 0.3) is 0 Å². The van der Waals surface area contributed by atoms with E-state index >= 15 is 0 Å². The molecule has 0 heterocycles. The number of hydrogen-bond donors (Lipinski definition) is 0. The third kappa shape index (κ3) is 6.62. The molecular weight excluding hydrogens is 480 g/mol. The number of carbonyl (C=O) groups is 2. The Kier molecular flexibility index (Phi) is 8.34. The molecule has 36 heavy (non-hydrogen) atoms. The molecule has 0 saturated heterocycles. The molecule has 0 N–H and O–H groups in total. The van der Waals surface area contributed by atoms with E-state index in [4.69, 9.17) is 14.2 Å². The van der Waals surface area contributed by atoms with Crippen molar-refractivity contribution in [2.75, 3.05) is 13.2 Å². The van der Waals surface area contributed by atoms with Gasteiger partial charge in [-0.15, -0.1) is 0 Å². The first kappa shape index (κ1) is 26.7. The number of carbonyl (C=O) groups excluding carboxylic acids is 2. The van der Waals surface area contributed by atoms with Crippen LogP contribution in [0.2, 0.25) is 0 Å². The third-order valence-corrected chi connectivity index (χ3v) is 5.24. The van der Waals surface area contributed by atoms with Crippen molar-refractivity contribution in [3.8, 4) is 22.6 Å². The average Bonchev–Trinajstić information content (AvgIpc) is 2.82. The largest absolute Gasteiger partial charge is 0.482 e. The van der Waals surface area contributed by atoms with Crippen LogP contribution in [0.4, 0.5) is 17.6 Å². The molecule has 0 aliphatic heterocycles. The molecule has 3 rings (SSSR count). The highest BCUT2D eigenvalue weighted by atomic mass is 19.4. The van der Waals surface area contributed by atoms with E-state index in [1.807, 2.05) is 0 Å². The summed E-state index contributed by atoms with van der Waals surface area (Å²) in [7, 11) is 0. The highest BCUT2D eigenvalue weighted by Gasteiger charge is 2.30. The van der Waals surface area contributed by atoms with Crippen molar-refractivity contribution < 1.29 is 41.4 Å². The first-order valence-corrected chi connectivity index (χ1v) is 11.0. The number of ether oxygens (including phenoxy) is 3. The number of benzene rings is 3. The molecule has 1 atom stereocenters. The average molecular weight is 504 g/mol. The predicted octanol–water partition coefficient (Wildman–Crippen LogP) is 6.47. The Hall–Kier alpha value is -3.88. The number of esters is 1. The molecule has 3 aromatic rings. The minimum atomic E-state index is -4.47. The third-order valence-electron chi connectivity index (χ3n) is 5.24. The molecule has 0 aliphatic rings. The number of rotatable bonds is 9. The fourth-order valence-electron chi connectivity index (χ4n) is 3.47. The first-order valence-electron chi connectivity index (χ1n) is 11.0. The van der Waals surface area contributed by atoms with Crippen LogP contribution in [0.5, 0.6) is 11.5 Å². The van der Waals surface area contributed by atoms with E-state index in [0.717, 1.165) is 18.2 Å². The van der Waals surface area contributed by atoms with E-state index in [0.29, 0.717) is 22.4 Å². The molecule has 9 heteroatoms. The van der Waals surface area contributed by atoms with Crippen LogP contribution in [-0.2, 0) is 20.5 Å². The number of aryl methyl sites for hydroxylation is 1. The van der Waals surface area contributed by atoms with Crippen molar-refractivity contribution in [1.82, 2.24) is 0 Å². The van der Waals surface area contributed by atoms with E-state index in [1.165, 1.54) is 37.3 Å². The number of alkyl halides is 3. The van der Waals surface area contributed by atoms with Gasteiger partial charge in [-0.3, -0.25) is 4.79 Å². The number of ketones is 1. The summed E-state index contributed by atoms with van der Waals surface area (Å²) in [6.07, 6.45) is -5.78. The van der Waals surface area contributed by atoms with E-state index in [9.17, 15) is 27.2 Å². The molecule has 0 radical (unpaired) electrons. The molecule has 0 saturated carbocycles. The molecule has 1 unspecified atom stereocenters. The standard InChI is InChI=1S/C27H24F4O5/c1-4-34-25(33)15-35-24-12-10-21(13-16(24)2)36-26(17(3)32)22-14-19(7-11-23(22)28)18-5-8-20(9-6-18)27(29,30)31/h5-14,26H,4,15H2,1-3H3. The van der Waals surface area contributed by atoms with Crippen LogP contribution in [0.25, 0.3) is 11.1 Å². The zero-order valence-corrected chi connectivity index (χ0v) is 19.8. The Labute approximate surface area is 205 Å². The molecule has 5 nitrogen and oxygen atoms in total. The van der Waals surface area contributed by atoms with Gasteiger partial charge in [0.1, 0.15) is 17.3 Å². The lowest BCUT2D eigenvalue weighted by atomic mass is 9.97. The number of hydrogen-bond acceptors (Lipinski definition) is 5. The maximum atomic E-state index is 14.8. The summed E-state index contributed by atoms with van der Waals surface area (Å²) in [4.78, 5) is 23.9.